The summed E-state index contributed by atoms with van der Waals surface area (Å²) < 4.78 is 39.5. The zero-order valence-corrected chi connectivity index (χ0v) is 15.8. The van der Waals surface area contributed by atoms with Crippen LogP contribution in [0.25, 0.3) is 0 Å². The van der Waals surface area contributed by atoms with Crippen molar-refractivity contribution in [2.75, 3.05) is 26.2 Å². The van der Waals surface area contributed by atoms with E-state index >= 15 is 0 Å². The highest BCUT2D eigenvalue weighted by Gasteiger charge is 2.36. The number of carbonyl (C=O) groups excluding carboxylic acids is 1. The quantitative estimate of drug-likeness (QED) is 0.819. The molecule has 1 aromatic rings. The van der Waals surface area contributed by atoms with Crippen molar-refractivity contribution in [1.29, 1.82) is 0 Å². The number of hydrogen-bond acceptors (Lipinski definition) is 3. The molecule has 1 unspecified atom stereocenters. The van der Waals surface area contributed by atoms with Crippen LogP contribution in [-0.4, -0.2) is 54.0 Å². The van der Waals surface area contributed by atoms with Gasteiger partial charge >= 0.3 is 6.18 Å². The Morgan fingerprint density at radius 2 is 1.85 bits per heavy atom. The van der Waals surface area contributed by atoms with Gasteiger partial charge in [-0.1, -0.05) is 25.1 Å². The first-order chi connectivity index (χ1) is 12.9. The van der Waals surface area contributed by atoms with E-state index in [0.717, 1.165) is 45.0 Å². The molecule has 2 saturated heterocycles. The Hall–Kier alpha value is -1.60. The fourth-order valence-corrected chi connectivity index (χ4v) is 4.15. The third-order valence-corrected chi connectivity index (χ3v) is 5.50. The lowest BCUT2D eigenvalue weighted by Gasteiger charge is -2.33. The number of rotatable bonds is 6. The van der Waals surface area contributed by atoms with E-state index in [4.69, 9.17) is 0 Å². The van der Waals surface area contributed by atoms with E-state index in [1.807, 2.05) is 0 Å². The first-order valence-electron chi connectivity index (χ1n) is 9.78. The van der Waals surface area contributed by atoms with Crippen LogP contribution in [0.3, 0.4) is 0 Å². The normalized spacial score (nSPS) is 22.6. The Morgan fingerprint density at radius 3 is 2.52 bits per heavy atom. The highest BCUT2D eigenvalue weighted by atomic mass is 19.4. The number of likely N-dealkylation sites (tertiary alicyclic amines) is 2. The van der Waals surface area contributed by atoms with Crippen LogP contribution in [0.1, 0.15) is 43.7 Å². The number of hydrogen-bond donors (Lipinski definition) is 1. The van der Waals surface area contributed by atoms with Crippen LogP contribution >= 0.6 is 0 Å². The number of halogens is 3. The van der Waals surface area contributed by atoms with Gasteiger partial charge in [-0.05, 0) is 50.5 Å². The third kappa shape index (κ3) is 5.23. The highest BCUT2D eigenvalue weighted by Crippen LogP contribution is 2.33. The van der Waals surface area contributed by atoms with E-state index in [1.54, 1.807) is 11.0 Å². The van der Waals surface area contributed by atoms with Crippen molar-refractivity contribution in [2.45, 2.75) is 57.4 Å². The van der Waals surface area contributed by atoms with Crippen LogP contribution in [0, 0.1) is 0 Å². The summed E-state index contributed by atoms with van der Waals surface area (Å²) in [5.74, 6) is -0.0760. The minimum absolute atomic E-state index is 0.0155. The van der Waals surface area contributed by atoms with E-state index in [9.17, 15) is 18.0 Å². The number of amides is 1. The van der Waals surface area contributed by atoms with Crippen molar-refractivity contribution in [3.63, 3.8) is 0 Å². The minimum Gasteiger partial charge on any atom is -0.337 e. The molecule has 150 valence electrons. The number of carbonyl (C=O) groups is 1. The van der Waals surface area contributed by atoms with Crippen LogP contribution in [0.4, 0.5) is 13.2 Å². The SMILES string of the molecule is CCCN1CCC(NC2CC(=O)N(Cc3ccccc3C(F)(F)F)C2)CC1. The van der Waals surface area contributed by atoms with Gasteiger partial charge in [-0.25, -0.2) is 0 Å². The monoisotopic (exact) mass is 383 g/mol. The first kappa shape index (κ1) is 20.1. The molecule has 3 rings (SSSR count). The molecule has 2 aliphatic heterocycles. The summed E-state index contributed by atoms with van der Waals surface area (Å²) in [6, 6.07) is 5.92. The molecule has 0 aromatic heterocycles. The van der Waals surface area contributed by atoms with Crippen LogP contribution < -0.4 is 5.32 Å². The molecule has 2 fully saturated rings. The largest absolute Gasteiger partial charge is 0.416 e. The van der Waals surface area contributed by atoms with Crippen molar-refractivity contribution >= 4 is 5.91 Å². The van der Waals surface area contributed by atoms with Gasteiger partial charge in [-0.3, -0.25) is 4.79 Å². The van der Waals surface area contributed by atoms with Crippen molar-refractivity contribution < 1.29 is 18.0 Å². The van der Waals surface area contributed by atoms with E-state index < -0.39 is 11.7 Å². The fraction of sp³-hybridized carbons (Fsp3) is 0.650. The maximum Gasteiger partial charge on any atom is 0.416 e. The van der Waals surface area contributed by atoms with E-state index in [1.165, 1.54) is 12.1 Å². The number of alkyl halides is 3. The summed E-state index contributed by atoms with van der Waals surface area (Å²) in [5.41, 5.74) is -0.496. The molecule has 2 heterocycles. The standard InChI is InChI=1S/C20H28F3N3O/c1-2-9-25-10-7-16(8-11-25)24-17-12-19(27)26(14-17)13-15-5-3-4-6-18(15)20(21,22)23/h3-6,16-17,24H,2,7-14H2,1H3. The predicted octanol–water partition coefficient (Wildman–Crippen LogP) is 3.27. The smallest absolute Gasteiger partial charge is 0.337 e. The summed E-state index contributed by atoms with van der Waals surface area (Å²) in [7, 11) is 0. The van der Waals surface area contributed by atoms with Crippen molar-refractivity contribution in [3.8, 4) is 0 Å². The lowest BCUT2D eigenvalue weighted by molar-refractivity contribution is -0.139. The number of piperidine rings is 1. The van der Waals surface area contributed by atoms with Gasteiger partial charge in [0, 0.05) is 31.6 Å². The molecule has 1 N–H and O–H groups in total. The lowest BCUT2D eigenvalue weighted by atomic mass is 10.0. The molecule has 0 bridgehead atoms. The van der Waals surface area contributed by atoms with Gasteiger partial charge in [0.2, 0.25) is 5.91 Å². The predicted molar refractivity (Wildman–Crippen MR) is 98.2 cm³/mol. The average molecular weight is 383 g/mol. The number of nitrogens with zero attached hydrogens (tertiary/aromatic N) is 2. The van der Waals surface area contributed by atoms with E-state index in [0.29, 0.717) is 19.0 Å². The maximum absolute atomic E-state index is 13.2. The molecule has 7 heteroatoms. The Bertz CT molecular complexity index is 642. The Labute approximate surface area is 158 Å². The van der Waals surface area contributed by atoms with Gasteiger partial charge in [0.05, 0.1) is 5.56 Å². The van der Waals surface area contributed by atoms with Crippen molar-refractivity contribution in [1.82, 2.24) is 15.1 Å². The molecule has 1 aromatic carbocycles. The Kier molecular flexibility index (Phi) is 6.42. The Balaban J connectivity index is 1.54. The third-order valence-electron chi connectivity index (χ3n) is 5.50. The minimum atomic E-state index is -4.40. The summed E-state index contributed by atoms with van der Waals surface area (Å²) >= 11 is 0. The summed E-state index contributed by atoms with van der Waals surface area (Å²) in [6.07, 6.45) is -0.764. The number of nitrogens with one attached hydrogen (secondary N) is 1. The molecule has 0 radical (unpaired) electrons. The second kappa shape index (κ2) is 8.61. The summed E-state index contributed by atoms with van der Waals surface area (Å²) in [6.45, 7) is 5.92. The second-order valence-corrected chi connectivity index (χ2v) is 7.61. The summed E-state index contributed by atoms with van der Waals surface area (Å²) in [5, 5.41) is 3.56. The maximum atomic E-state index is 13.2. The second-order valence-electron chi connectivity index (χ2n) is 7.61. The van der Waals surface area contributed by atoms with E-state index in [-0.39, 0.29) is 24.1 Å². The molecular formula is C20H28F3N3O. The zero-order valence-electron chi connectivity index (χ0n) is 15.8. The summed E-state index contributed by atoms with van der Waals surface area (Å²) in [4.78, 5) is 16.3. The van der Waals surface area contributed by atoms with E-state index in [2.05, 4.69) is 17.1 Å². The van der Waals surface area contributed by atoms with Crippen molar-refractivity contribution in [3.05, 3.63) is 35.4 Å². The first-order valence-corrected chi connectivity index (χ1v) is 9.78. The molecule has 0 spiro atoms. The molecule has 2 aliphatic rings. The molecule has 27 heavy (non-hydrogen) atoms. The van der Waals surface area contributed by atoms with Crippen molar-refractivity contribution in [2.24, 2.45) is 0 Å². The van der Waals surface area contributed by atoms with Crippen LogP contribution in [-0.2, 0) is 17.5 Å². The van der Waals surface area contributed by atoms with Crippen LogP contribution in [0.5, 0.6) is 0 Å². The molecule has 1 atom stereocenters. The average Bonchev–Trinajstić information content (AvgIpc) is 2.95. The molecule has 4 nitrogen and oxygen atoms in total. The van der Waals surface area contributed by atoms with Gasteiger partial charge in [0.25, 0.3) is 0 Å². The van der Waals surface area contributed by atoms with Crippen LogP contribution in [0.15, 0.2) is 24.3 Å². The van der Waals surface area contributed by atoms with Gasteiger partial charge < -0.3 is 15.1 Å². The molecule has 1 amide bonds. The fourth-order valence-electron chi connectivity index (χ4n) is 4.15. The van der Waals surface area contributed by atoms with Gasteiger partial charge in [0.15, 0.2) is 0 Å². The molecular weight excluding hydrogens is 355 g/mol. The molecule has 0 saturated carbocycles. The number of benzene rings is 1. The zero-order chi connectivity index (χ0) is 19.4. The van der Waals surface area contributed by atoms with Crippen LogP contribution in [0.2, 0.25) is 0 Å². The van der Waals surface area contributed by atoms with Gasteiger partial charge in [0.1, 0.15) is 0 Å². The lowest BCUT2D eigenvalue weighted by Crippen LogP contribution is -2.47. The molecule has 0 aliphatic carbocycles. The van der Waals surface area contributed by atoms with Gasteiger partial charge in [-0.2, -0.15) is 13.2 Å². The van der Waals surface area contributed by atoms with Gasteiger partial charge in [-0.15, -0.1) is 0 Å². The Morgan fingerprint density at radius 1 is 1.15 bits per heavy atom. The topological polar surface area (TPSA) is 35.6 Å². The highest BCUT2D eigenvalue weighted by molar-refractivity contribution is 5.79.